The van der Waals surface area contributed by atoms with E-state index in [1.807, 2.05) is 55.5 Å². The minimum Gasteiger partial charge on any atom is -0.289 e. The Kier molecular flexibility index (Phi) is 5.56. The van der Waals surface area contributed by atoms with Crippen LogP contribution < -0.4 is 11.0 Å². The molecule has 148 valence electrons. The average Bonchev–Trinajstić information content (AvgIpc) is 3.18. The number of carbonyl (C=O) groups excluding carboxylic acids is 1. The molecule has 0 aliphatic carbocycles. The monoisotopic (exact) mass is 406 g/mol. The Morgan fingerprint density at radius 2 is 1.79 bits per heavy atom. The minimum absolute atomic E-state index is 0.137. The van der Waals surface area contributed by atoms with E-state index in [0.29, 0.717) is 17.7 Å². The van der Waals surface area contributed by atoms with E-state index in [4.69, 9.17) is 4.84 Å². The molecule has 1 unspecified atom stereocenters. The zero-order chi connectivity index (χ0) is 20.4. The molecule has 1 aliphatic heterocycles. The fourth-order valence-electron chi connectivity index (χ4n) is 3.82. The Labute approximate surface area is 173 Å². The molecule has 3 aromatic rings. The molecule has 0 saturated heterocycles. The van der Waals surface area contributed by atoms with Gasteiger partial charge >= 0.3 is 0 Å². The van der Waals surface area contributed by atoms with Crippen molar-refractivity contribution in [3.05, 3.63) is 87.7 Å². The molecule has 6 heteroatoms. The third-order valence-electron chi connectivity index (χ3n) is 5.22. The largest absolute Gasteiger partial charge is 0.289 e. The zero-order valence-corrected chi connectivity index (χ0v) is 17.2. The van der Waals surface area contributed by atoms with Crippen LogP contribution in [-0.2, 0) is 16.1 Å². The number of nitrogens with one attached hydrogen (secondary N) is 1. The lowest BCUT2D eigenvalue weighted by Gasteiger charge is -2.20. The Balaban J connectivity index is 1.94. The number of aromatic nitrogens is 1. The number of nitrogens with zero attached hydrogens (tertiary/aromatic N) is 1. The van der Waals surface area contributed by atoms with Gasteiger partial charge in [0.25, 0.3) is 11.5 Å². The highest BCUT2D eigenvalue weighted by atomic mass is 32.2. The summed E-state index contributed by atoms with van der Waals surface area (Å²) in [7, 11) is 1.40. The summed E-state index contributed by atoms with van der Waals surface area (Å²) in [4.78, 5) is 30.9. The number of hydrogen-bond acceptors (Lipinski definition) is 4. The quantitative estimate of drug-likeness (QED) is 0.656. The summed E-state index contributed by atoms with van der Waals surface area (Å²) in [5, 5.41) is 0.868. The molecule has 1 aromatic heterocycles. The Morgan fingerprint density at radius 3 is 2.45 bits per heavy atom. The van der Waals surface area contributed by atoms with Gasteiger partial charge < -0.3 is 0 Å². The van der Waals surface area contributed by atoms with Crippen LogP contribution in [0.5, 0.6) is 0 Å². The van der Waals surface area contributed by atoms with E-state index < -0.39 is 6.04 Å². The molecule has 5 nitrogen and oxygen atoms in total. The molecule has 1 atom stereocenters. The van der Waals surface area contributed by atoms with Crippen molar-refractivity contribution in [1.82, 2.24) is 10.0 Å². The van der Waals surface area contributed by atoms with Crippen molar-refractivity contribution >= 4 is 17.7 Å². The van der Waals surface area contributed by atoms with Gasteiger partial charge in [-0.05, 0) is 29.2 Å². The highest BCUT2D eigenvalue weighted by Crippen LogP contribution is 2.39. The number of hydrogen-bond donors (Lipinski definition) is 1. The van der Waals surface area contributed by atoms with E-state index in [0.717, 1.165) is 21.7 Å². The number of hydroxylamine groups is 1. The van der Waals surface area contributed by atoms with Crippen molar-refractivity contribution in [1.29, 1.82) is 0 Å². The van der Waals surface area contributed by atoms with Crippen LogP contribution in [0, 0.1) is 6.92 Å². The smallest absolute Gasteiger partial charge is 0.267 e. The van der Waals surface area contributed by atoms with Crippen molar-refractivity contribution in [2.24, 2.45) is 0 Å². The second-order valence-electron chi connectivity index (χ2n) is 6.98. The van der Waals surface area contributed by atoms with E-state index in [9.17, 15) is 9.59 Å². The van der Waals surface area contributed by atoms with Crippen LogP contribution in [0.15, 0.2) is 70.5 Å². The number of fused-ring (bicyclic) bond motifs is 1. The molecule has 0 bridgehead atoms. The summed E-state index contributed by atoms with van der Waals surface area (Å²) in [5.74, 6) is 0.193. The predicted molar refractivity (Wildman–Crippen MR) is 115 cm³/mol. The van der Waals surface area contributed by atoms with Crippen LogP contribution in [0.2, 0.25) is 0 Å². The molecule has 1 N–H and O–H groups in total. The van der Waals surface area contributed by atoms with Crippen LogP contribution >= 0.6 is 11.8 Å². The Bertz CT molecular complexity index is 1090. The highest BCUT2D eigenvalue weighted by Gasteiger charge is 2.34. The van der Waals surface area contributed by atoms with E-state index in [2.05, 4.69) is 17.6 Å². The third-order valence-corrected chi connectivity index (χ3v) is 6.42. The molecule has 0 radical (unpaired) electrons. The zero-order valence-electron chi connectivity index (χ0n) is 16.3. The van der Waals surface area contributed by atoms with Crippen LogP contribution in [0.1, 0.15) is 22.7 Å². The first-order valence-corrected chi connectivity index (χ1v) is 10.4. The second-order valence-corrected chi connectivity index (χ2v) is 7.99. The molecule has 2 heterocycles. The van der Waals surface area contributed by atoms with Crippen LogP contribution in [0.25, 0.3) is 11.1 Å². The van der Waals surface area contributed by atoms with Crippen molar-refractivity contribution in [2.75, 3.05) is 12.9 Å². The number of pyridine rings is 1. The first-order valence-electron chi connectivity index (χ1n) is 9.44. The van der Waals surface area contributed by atoms with Gasteiger partial charge in [0.15, 0.2) is 0 Å². The number of carbonyl (C=O) groups is 1. The maximum Gasteiger partial charge on any atom is 0.267 e. The number of benzene rings is 2. The summed E-state index contributed by atoms with van der Waals surface area (Å²) in [6.07, 6.45) is 0.702. The fraction of sp³-hybridized carbons (Fsp3) is 0.217. The Hall–Kier alpha value is -2.83. The third kappa shape index (κ3) is 3.61. The summed E-state index contributed by atoms with van der Waals surface area (Å²) >= 11 is 1.55. The van der Waals surface area contributed by atoms with Gasteiger partial charge in [0.1, 0.15) is 6.04 Å². The summed E-state index contributed by atoms with van der Waals surface area (Å²) in [6, 6.07) is 19.2. The van der Waals surface area contributed by atoms with E-state index in [1.165, 1.54) is 12.7 Å². The summed E-state index contributed by atoms with van der Waals surface area (Å²) < 4.78 is 1.65. The minimum atomic E-state index is -0.597. The molecule has 0 saturated carbocycles. The number of rotatable bonds is 5. The summed E-state index contributed by atoms with van der Waals surface area (Å²) in [6.45, 7) is 2.01. The predicted octanol–water partition coefficient (Wildman–Crippen LogP) is 3.74. The van der Waals surface area contributed by atoms with Gasteiger partial charge in [-0.15, -0.1) is 11.8 Å². The normalized spacial score (nSPS) is 15.2. The summed E-state index contributed by atoms with van der Waals surface area (Å²) in [5.41, 5.74) is 6.99. The van der Waals surface area contributed by atoms with Crippen LogP contribution in [0.3, 0.4) is 0 Å². The maximum atomic E-state index is 13.5. The van der Waals surface area contributed by atoms with Crippen molar-refractivity contribution in [3.63, 3.8) is 0 Å². The van der Waals surface area contributed by atoms with E-state index in [1.54, 1.807) is 16.3 Å². The lowest BCUT2D eigenvalue weighted by Crippen LogP contribution is -2.37. The fourth-order valence-corrected chi connectivity index (χ4v) is 5.18. The molecule has 0 spiro atoms. The Morgan fingerprint density at radius 1 is 1.14 bits per heavy atom. The van der Waals surface area contributed by atoms with Crippen LogP contribution in [0.4, 0.5) is 0 Å². The van der Waals surface area contributed by atoms with Crippen LogP contribution in [-0.4, -0.2) is 23.3 Å². The SMILES string of the molecule is CONC(=O)C1CSc2c(Cc3ccccc3)c(C)c(-c3ccccc3)c(=O)n21. The first-order chi connectivity index (χ1) is 14.1. The van der Waals surface area contributed by atoms with Gasteiger partial charge in [-0.25, -0.2) is 5.48 Å². The molecule has 0 fully saturated rings. The van der Waals surface area contributed by atoms with Gasteiger partial charge in [-0.3, -0.25) is 19.0 Å². The maximum absolute atomic E-state index is 13.5. The molecule has 29 heavy (non-hydrogen) atoms. The topological polar surface area (TPSA) is 60.3 Å². The van der Waals surface area contributed by atoms with E-state index in [-0.39, 0.29) is 11.5 Å². The molecule has 1 amide bonds. The lowest BCUT2D eigenvalue weighted by molar-refractivity contribution is -0.134. The van der Waals surface area contributed by atoms with Crippen molar-refractivity contribution in [3.8, 4) is 11.1 Å². The first kappa shape index (κ1) is 19.5. The van der Waals surface area contributed by atoms with Crippen molar-refractivity contribution in [2.45, 2.75) is 24.4 Å². The van der Waals surface area contributed by atoms with Gasteiger partial charge in [0, 0.05) is 12.2 Å². The molecular formula is C23H22N2O3S. The average molecular weight is 407 g/mol. The van der Waals surface area contributed by atoms with Gasteiger partial charge in [0.05, 0.1) is 17.7 Å². The van der Waals surface area contributed by atoms with Crippen molar-refractivity contribution < 1.29 is 9.63 Å². The van der Waals surface area contributed by atoms with E-state index >= 15 is 0 Å². The standard InChI is InChI=1S/C23H22N2O3S/c1-15-18(13-16-9-5-3-6-10-16)23-25(19(14-29-23)21(26)24-28-2)22(27)20(15)17-11-7-4-8-12-17/h3-12,19H,13-14H2,1-2H3,(H,24,26). The number of amides is 1. The molecular weight excluding hydrogens is 384 g/mol. The molecule has 2 aromatic carbocycles. The number of thioether (sulfide) groups is 1. The second kappa shape index (κ2) is 8.27. The van der Waals surface area contributed by atoms with Gasteiger partial charge in [-0.2, -0.15) is 0 Å². The highest BCUT2D eigenvalue weighted by molar-refractivity contribution is 7.99. The molecule has 1 aliphatic rings. The molecule has 4 rings (SSSR count). The van der Waals surface area contributed by atoms with Gasteiger partial charge in [0.2, 0.25) is 0 Å². The lowest BCUT2D eigenvalue weighted by atomic mass is 9.94. The van der Waals surface area contributed by atoms with Gasteiger partial charge in [-0.1, -0.05) is 60.7 Å².